The van der Waals surface area contributed by atoms with E-state index in [-0.39, 0.29) is 12.6 Å². The normalized spacial score (nSPS) is 15.6. The Bertz CT molecular complexity index is 164. The maximum absolute atomic E-state index is 11.0. The van der Waals surface area contributed by atoms with Gasteiger partial charge < -0.3 is 15.9 Å². The van der Waals surface area contributed by atoms with Gasteiger partial charge in [-0.05, 0) is 13.0 Å². The Morgan fingerprint density at radius 3 is 2.62 bits per heavy atom. The second-order valence-electron chi connectivity index (χ2n) is 3.25. The fraction of sp³-hybridized carbons (Fsp3) is 1.00. The van der Waals surface area contributed by atoms with Gasteiger partial charge in [0, 0.05) is 0 Å². The molecule has 1 unspecified atom stereocenters. The minimum absolute atomic E-state index is 0.130. The van der Waals surface area contributed by atoms with Gasteiger partial charge in [0.15, 0.2) is 0 Å². The summed E-state index contributed by atoms with van der Waals surface area (Å²) in [6.45, 7) is 2.97. The molecule has 0 radical (unpaired) electrons. The molecule has 80 valence electrons. The van der Waals surface area contributed by atoms with E-state index < -0.39 is 7.37 Å². The number of nitrogens with one attached hydrogen (secondary N) is 1. The molecule has 0 rings (SSSR count). The van der Waals surface area contributed by atoms with E-state index in [0.29, 0.717) is 0 Å². The molecule has 0 aromatic rings. The Morgan fingerprint density at radius 2 is 2.08 bits per heavy atom. The Kier molecular flexibility index (Phi) is 7.57. The predicted molar refractivity (Wildman–Crippen MR) is 55.9 cm³/mol. The van der Waals surface area contributed by atoms with Crippen molar-refractivity contribution in [1.82, 2.24) is 5.32 Å². The third-order valence-corrected chi connectivity index (χ3v) is 3.14. The van der Waals surface area contributed by atoms with Crippen LogP contribution in [0.5, 0.6) is 0 Å². The highest BCUT2D eigenvalue weighted by Gasteiger charge is 2.13. The van der Waals surface area contributed by atoms with Crippen molar-refractivity contribution in [3.05, 3.63) is 0 Å². The fourth-order valence-corrected chi connectivity index (χ4v) is 1.63. The van der Waals surface area contributed by atoms with E-state index in [2.05, 4.69) is 12.2 Å². The number of unbranched alkanes of at least 4 members (excludes halogenated alkanes) is 3. The first kappa shape index (κ1) is 13.1. The van der Waals surface area contributed by atoms with Crippen molar-refractivity contribution in [1.29, 1.82) is 0 Å². The molecule has 0 aliphatic heterocycles. The molecule has 0 heterocycles. The van der Waals surface area contributed by atoms with Crippen LogP contribution in [-0.4, -0.2) is 24.0 Å². The van der Waals surface area contributed by atoms with Crippen molar-refractivity contribution in [3.63, 3.8) is 0 Å². The van der Waals surface area contributed by atoms with Gasteiger partial charge in [0.25, 0.3) is 0 Å². The van der Waals surface area contributed by atoms with E-state index in [1.165, 1.54) is 19.3 Å². The molecule has 0 spiro atoms. The average molecular weight is 208 g/mol. The first-order valence-electron chi connectivity index (χ1n) is 4.84. The van der Waals surface area contributed by atoms with E-state index in [0.717, 1.165) is 13.0 Å². The van der Waals surface area contributed by atoms with E-state index >= 15 is 0 Å². The van der Waals surface area contributed by atoms with Crippen LogP contribution in [0.25, 0.3) is 0 Å². The molecule has 0 aromatic carbocycles. The van der Waals surface area contributed by atoms with Crippen LogP contribution in [0.1, 0.15) is 32.6 Å². The Labute approximate surface area is 80.4 Å². The molecule has 0 amide bonds. The lowest BCUT2D eigenvalue weighted by Gasteiger charge is -2.09. The summed E-state index contributed by atoms with van der Waals surface area (Å²) < 4.78 is 11.0. The summed E-state index contributed by atoms with van der Waals surface area (Å²) in [5.74, 6) is 0. The lowest BCUT2D eigenvalue weighted by molar-refractivity contribution is 0.470. The molecule has 13 heavy (non-hydrogen) atoms. The zero-order chi connectivity index (χ0) is 10.2. The van der Waals surface area contributed by atoms with Gasteiger partial charge in [-0.15, -0.1) is 0 Å². The summed E-state index contributed by atoms with van der Waals surface area (Å²) >= 11 is 0. The zero-order valence-corrected chi connectivity index (χ0v) is 9.22. The number of hydrogen-bond acceptors (Lipinski definition) is 3. The first-order valence-corrected chi connectivity index (χ1v) is 6.87. The van der Waals surface area contributed by atoms with Gasteiger partial charge in [0.1, 0.15) is 0 Å². The Balaban J connectivity index is 3.21. The monoisotopic (exact) mass is 208 g/mol. The Morgan fingerprint density at radius 1 is 1.38 bits per heavy atom. The third-order valence-electron chi connectivity index (χ3n) is 1.85. The summed E-state index contributed by atoms with van der Waals surface area (Å²) in [6, 6.07) is 0. The van der Waals surface area contributed by atoms with Crippen molar-refractivity contribution in [2.24, 2.45) is 5.73 Å². The molecule has 0 aliphatic carbocycles. The Hall–Kier alpha value is 0.110. The quantitative estimate of drug-likeness (QED) is 0.415. The molecule has 0 fully saturated rings. The van der Waals surface area contributed by atoms with Crippen molar-refractivity contribution >= 4 is 7.37 Å². The van der Waals surface area contributed by atoms with Crippen LogP contribution in [0, 0.1) is 0 Å². The molecule has 1 atom stereocenters. The molecule has 0 saturated heterocycles. The van der Waals surface area contributed by atoms with Crippen LogP contribution in [0.3, 0.4) is 0 Å². The van der Waals surface area contributed by atoms with Crippen LogP contribution in [0.2, 0.25) is 0 Å². The summed E-state index contributed by atoms with van der Waals surface area (Å²) in [5.41, 5.74) is 5.12. The van der Waals surface area contributed by atoms with Gasteiger partial charge in [0.05, 0.1) is 12.6 Å². The lowest BCUT2D eigenvalue weighted by atomic mass is 10.2. The van der Waals surface area contributed by atoms with Crippen LogP contribution >= 0.6 is 7.37 Å². The summed E-state index contributed by atoms with van der Waals surface area (Å²) in [4.78, 5) is 9.09. The molecule has 0 aliphatic rings. The smallest absolute Gasteiger partial charge is 0.227 e. The minimum atomic E-state index is -3.06. The van der Waals surface area contributed by atoms with E-state index in [1.807, 2.05) is 0 Å². The highest BCUT2D eigenvalue weighted by molar-refractivity contribution is 7.57. The second-order valence-corrected chi connectivity index (χ2v) is 5.62. The number of hydrogen-bond donors (Lipinski definition) is 3. The average Bonchev–Trinajstić information content (AvgIpc) is 2.11. The van der Waals surface area contributed by atoms with E-state index in [9.17, 15) is 4.57 Å². The largest absolute Gasteiger partial charge is 0.343 e. The highest BCUT2D eigenvalue weighted by atomic mass is 31.2. The van der Waals surface area contributed by atoms with Gasteiger partial charge in [-0.3, -0.25) is 4.57 Å². The van der Waals surface area contributed by atoms with Gasteiger partial charge in [-0.2, -0.15) is 0 Å². The van der Waals surface area contributed by atoms with Gasteiger partial charge in [0.2, 0.25) is 7.37 Å². The predicted octanol–water partition coefficient (Wildman–Crippen LogP) is 1.30. The summed E-state index contributed by atoms with van der Waals surface area (Å²) in [5, 5.41) is 2.94. The number of rotatable bonds is 8. The van der Waals surface area contributed by atoms with Gasteiger partial charge in [-0.25, -0.2) is 0 Å². The van der Waals surface area contributed by atoms with Crippen LogP contribution in [0.15, 0.2) is 0 Å². The maximum Gasteiger partial charge on any atom is 0.227 e. The zero-order valence-electron chi connectivity index (χ0n) is 8.33. The molecule has 0 bridgehead atoms. The SMILES string of the molecule is CCCCCCNCP(=O)(O)CN. The van der Waals surface area contributed by atoms with Crippen LogP contribution < -0.4 is 11.1 Å². The standard InChI is InChI=1S/C8H21N2O2P/c1-2-3-4-5-6-10-8-13(11,12)7-9/h10H,2-9H2,1H3,(H,11,12). The molecule has 5 heteroatoms. The summed E-state index contributed by atoms with van der Waals surface area (Å²) in [6.07, 6.45) is 4.71. The fourth-order valence-electron chi connectivity index (χ4n) is 0.995. The molecular weight excluding hydrogens is 187 g/mol. The van der Waals surface area contributed by atoms with Crippen molar-refractivity contribution < 1.29 is 9.46 Å². The third kappa shape index (κ3) is 8.44. The van der Waals surface area contributed by atoms with Crippen molar-refractivity contribution in [3.8, 4) is 0 Å². The van der Waals surface area contributed by atoms with Gasteiger partial charge >= 0.3 is 0 Å². The molecule has 0 saturated carbocycles. The first-order chi connectivity index (χ1) is 6.12. The molecular formula is C8H21N2O2P. The lowest BCUT2D eigenvalue weighted by Crippen LogP contribution is -2.19. The topological polar surface area (TPSA) is 75.3 Å². The molecule has 0 aromatic heterocycles. The molecule has 4 N–H and O–H groups in total. The molecule has 4 nitrogen and oxygen atoms in total. The van der Waals surface area contributed by atoms with Crippen LogP contribution in [0.4, 0.5) is 0 Å². The van der Waals surface area contributed by atoms with Crippen LogP contribution in [-0.2, 0) is 4.57 Å². The number of nitrogens with two attached hydrogens (primary N) is 1. The van der Waals surface area contributed by atoms with Crippen molar-refractivity contribution in [2.45, 2.75) is 32.6 Å². The maximum atomic E-state index is 11.0. The summed E-state index contributed by atoms with van der Waals surface area (Å²) in [7, 11) is -3.06. The van der Waals surface area contributed by atoms with E-state index in [4.69, 9.17) is 10.6 Å². The van der Waals surface area contributed by atoms with Gasteiger partial charge in [-0.1, -0.05) is 26.2 Å². The van der Waals surface area contributed by atoms with E-state index in [1.54, 1.807) is 0 Å². The van der Waals surface area contributed by atoms with Crippen molar-refractivity contribution in [2.75, 3.05) is 19.1 Å². The second kappa shape index (κ2) is 7.51. The highest BCUT2D eigenvalue weighted by Crippen LogP contribution is 2.35. The minimum Gasteiger partial charge on any atom is -0.343 e.